The Kier molecular flexibility index (Phi) is 5.57. The highest BCUT2D eigenvalue weighted by Gasteiger charge is 2.60. The molecule has 6 fully saturated rings. The summed E-state index contributed by atoms with van der Waals surface area (Å²) in [5.74, 6) is 0.269. The summed E-state index contributed by atoms with van der Waals surface area (Å²) >= 11 is 0. The smallest absolute Gasteiger partial charge is 0.399 e. The van der Waals surface area contributed by atoms with Crippen LogP contribution in [0.5, 0.6) is 0 Å². The van der Waals surface area contributed by atoms with Gasteiger partial charge in [0.2, 0.25) is 5.91 Å². The molecule has 7 aliphatic rings. The molecule has 2 aliphatic carbocycles. The van der Waals surface area contributed by atoms with Crippen LogP contribution in [0.4, 0.5) is 10.1 Å². The Morgan fingerprint density at radius 2 is 1.57 bits per heavy atom. The number of rotatable bonds is 4. The lowest BCUT2D eigenvalue weighted by Gasteiger charge is -2.47. The Labute approximate surface area is 237 Å². The Balaban J connectivity index is 1.08. The number of nitrogens with zero attached hydrogens (tertiary/aromatic N) is 3. The van der Waals surface area contributed by atoms with Crippen LogP contribution in [0.2, 0.25) is 0 Å². The van der Waals surface area contributed by atoms with E-state index in [0.717, 1.165) is 82.5 Å². The molecule has 0 radical (unpaired) electrons. The zero-order valence-electron chi connectivity index (χ0n) is 24.5. The molecule has 5 heterocycles. The van der Waals surface area contributed by atoms with E-state index < -0.39 is 29.9 Å². The average Bonchev–Trinajstić information content (AvgIpc) is 3.45. The van der Waals surface area contributed by atoms with Crippen molar-refractivity contribution in [2.45, 2.75) is 107 Å². The van der Waals surface area contributed by atoms with Crippen LogP contribution >= 0.6 is 0 Å². The highest BCUT2D eigenvalue weighted by molar-refractivity contribution is 6.62. The van der Waals surface area contributed by atoms with Gasteiger partial charge in [0.05, 0.1) is 35.9 Å². The van der Waals surface area contributed by atoms with Crippen LogP contribution in [0.25, 0.3) is 0 Å². The summed E-state index contributed by atoms with van der Waals surface area (Å²) in [5.41, 5.74) is 1.83. The number of amides is 1. The van der Waals surface area contributed by atoms with Crippen LogP contribution in [-0.2, 0) is 24.3 Å². The molecule has 5 aliphatic heterocycles. The van der Waals surface area contributed by atoms with Crippen molar-refractivity contribution in [3.63, 3.8) is 0 Å². The Morgan fingerprint density at radius 3 is 2.15 bits per heavy atom. The molecule has 7 nitrogen and oxygen atoms in total. The van der Waals surface area contributed by atoms with Crippen LogP contribution in [0.1, 0.15) is 71.8 Å². The molecule has 2 spiro atoms. The van der Waals surface area contributed by atoms with Gasteiger partial charge in [-0.2, -0.15) is 0 Å². The van der Waals surface area contributed by atoms with E-state index in [9.17, 15) is 9.18 Å². The number of carbonyl (C=O) groups is 1. The van der Waals surface area contributed by atoms with Gasteiger partial charge in [-0.15, -0.1) is 0 Å². The van der Waals surface area contributed by atoms with Gasteiger partial charge in [-0.3, -0.25) is 14.6 Å². The zero-order valence-corrected chi connectivity index (χ0v) is 24.5. The second-order valence-electron chi connectivity index (χ2n) is 14.9. The number of hydrogen-bond donors (Lipinski definition) is 0. The largest absolute Gasteiger partial charge is 0.494 e. The highest BCUT2D eigenvalue weighted by atomic mass is 19.1. The lowest BCUT2D eigenvalue weighted by molar-refractivity contribution is -0.128. The van der Waals surface area contributed by atoms with Crippen molar-refractivity contribution in [3.05, 3.63) is 23.8 Å². The van der Waals surface area contributed by atoms with E-state index in [4.69, 9.17) is 14.0 Å². The predicted octanol–water partition coefficient (Wildman–Crippen LogP) is 3.03. The maximum absolute atomic E-state index is 14.7. The quantitative estimate of drug-likeness (QED) is 0.537. The summed E-state index contributed by atoms with van der Waals surface area (Å²) in [6.07, 6.45) is 4.93. The van der Waals surface area contributed by atoms with Gasteiger partial charge < -0.3 is 18.9 Å². The molecule has 2 saturated carbocycles. The first-order valence-corrected chi connectivity index (χ1v) is 15.6. The first-order chi connectivity index (χ1) is 19.0. The number of halogens is 1. The molecule has 0 aromatic heterocycles. The van der Waals surface area contributed by atoms with Crippen molar-refractivity contribution in [1.29, 1.82) is 0 Å². The molecular weight excluding hydrogens is 508 g/mol. The van der Waals surface area contributed by atoms with E-state index in [-0.39, 0.29) is 17.4 Å². The predicted molar refractivity (Wildman–Crippen MR) is 152 cm³/mol. The van der Waals surface area contributed by atoms with Crippen LogP contribution in [0, 0.1) is 5.41 Å². The Bertz CT molecular complexity index is 1200. The Hall–Kier alpha value is -1.52. The number of likely N-dealkylation sites (tertiary alicyclic amines) is 2. The minimum Gasteiger partial charge on any atom is -0.399 e. The first kappa shape index (κ1) is 26.1. The second kappa shape index (κ2) is 8.53. The van der Waals surface area contributed by atoms with Crippen LogP contribution in [0.15, 0.2) is 18.2 Å². The molecule has 9 heteroatoms. The van der Waals surface area contributed by atoms with Crippen molar-refractivity contribution in [3.8, 4) is 0 Å². The van der Waals surface area contributed by atoms with E-state index in [1.807, 2.05) is 0 Å². The molecular formula is C31H43BFN3O4. The summed E-state index contributed by atoms with van der Waals surface area (Å²) in [4.78, 5) is 21.5. The fourth-order valence-corrected chi connectivity index (χ4v) is 8.23. The molecule has 216 valence electrons. The fraction of sp³-hybridized carbons (Fsp3) is 0.774. The van der Waals surface area contributed by atoms with Crippen molar-refractivity contribution in [2.24, 2.45) is 5.41 Å². The molecule has 1 aromatic rings. The topological polar surface area (TPSA) is 54.5 Å². The average molecular weight is 552 g/mol. The van der Waals surface area contributed by atoms with Gasteiger partial charge in [0, 0.05) is 36.3 Å². The Morgan fingerprint density at radius 1 is 0.900 bits per heavy atom. The van der Waals surface area contributed by atoms with Gasteiger partial charge >= 0.3 is 7.12 Å². The summed E-state index contributed by atoms with van der Waals surface area (Å²) in [7, 11) is -0.459. The third kappa shape index (κ3) is 3.63. The lowest BCUT2D eigenvalue weighted by Crippen LogP contribution is -2.59. The van der Waals surface area contributed by atoms with E-state index in [1.54, 1.807) is 0 Å². The van der Waals surface area contributed by atoms with Crippen molar-refractivity contribution in [2.75, 3.05) is 44.3 Å². The van der Waals surface area contributed by atoms with Gasteiger partial charge in [-0.25, -0.2) is 4.39 Å². The number of carbonyl (C=O) groups excluding carboxylic acids is 1. The third-order valence-corrected chi connectivity index (χ3v) is 12.2. The fourth-order valence-electron chi connectivity index (χ4n) is 8.23. The summed E-state index contributed by atoms with van der Waals surface area (Å²) < 4.78 is 33.0. The van der Waals surface area contributed by atoms with Crippen LogP contribution in [0.3, 0.4) is 0 Å². The molecule has 4 saturated heterocycles. The van der Waals surface area contributed by atoms with Gasteiger partial charge in [0.15, 0.2) is 0 Å². The van der Waals surface area contributed by atoms with Gasteiger partial charge in [-0.1, -0.05) is 12.1 Å². The van der Waals surface area contributed by atoms with E-state index in [1.165, 1.54) is 5.56 Å². The monoisotopic (exact) mass is 551 g/mol. The third-order valence-electron chi connectivity index (χ3n) is 12.2. The van der Waals surface area contributed by atoms with Gasteiger partial charge in [0.1, 0.15) is 6.17 Å². The molecule has 1 unspecified atom stereocenters. The number of ether oxygens (including phenoxy) is 1. The van der Waals surface area contributed by atoms with Crippen LogP contribution in [-0.4, -0.2) is 97.7 Å². The van der Waals surface area contributed by atoms with E-state index in [2.05, 4.69) is 60.6 Å². The summed E-state index contributed by atoms with van der Waals surface area (Å²) in [6.45, 7) is 13.2. The van der Waals surface area contributed by atoms with E-state index >= 15 is 0 Å². The van der Waals surface area contributed by atoms with Crippen molar-refractivity contribution < 1.29 is 23.2 Å². The maximum Gasteiger partial charge on any atom is 0.494 e. The van der Waals surface area contributed by atoms with Gasteiger partial charge in [0.25, 0.3) is 0 Å². The van der Waals surface area contributed by atoms with Crippen molar-refractivity contribution >= 4 is 24.2 Å². The molecule has 0 N–H and O–H groups in total. The minimum atomic E-state index is -0.683. The molecule has 0 bridgehead atoms. The highest BCUT2D eigenvalue weighted by Crippen LogP contribution is 2.56. The number of hydrogen-bond acceptors (Lipinski definition) is 6. The lowest BCUT2D eigenvalue weighted by atomic mass is 9.71. The first-order valence-electron chi connectivity index (χ1n) is 15.6. The molecule has 40 heavy (non-hydrogen) atoms. The van der Waals surface area contributed by atoms with Crippen molar-refractivity contribution in [1.82, 2.24) is 9.80 Å². The molecule has 8 rings (SSSR count). The van der Waals surface area contributed by atoms with Gasteiger partial charge in [-0.05, 0) is 96.4 Å². The van der Waals surface area contributed by atoms with Crippen LogP contribution < -0.4 is 10.4 Å². The number of piperidine rings is 1. The SMILES string of the molecule is CC1(C)OB(c2ccc3c(c2)N([C@H]2C[C@@H](N4CC(F)C5(CC5)C4)C2)C(=O)C32CCN(C3COC3)CC2)OC1(C)C. The zero-order chi connectivity index (χ0) is 27.7. The van der Waals surface area contributed by atoms with E-state index in [0.29, 0.717) is 18.6 Å². The summed E-state index contributed by atoms with van der Waals surface area (Å²) in [5, 5.41) is 0. The number of alkyl halides is 1. The second-order valence-corrected chi connectivity index (χ2v) is 14.9. The standard InChI is InChI=1S/C31H43BFN3O4/c1-28(2)29(3,4)40-32(39-28)20-5-6-24-25(13-20)36(22-14-21(15-22)35-16-26(33)30(19-35)7-8-30)27(37)31(24)9-11-34(12-10-31)23-17-38-18-23/h5-6,13,21-23,26H,7-12,14-19H2,1-4H3/t21-,22+,26?. The number of benzene rings is 1. The normalized spacial score (nSPS) is 35.8. The molecule has 1 aromatic carbocycles. The minimum absolute atomic E-state index is 0.0532. The molecule has 1 amide bonds. The number of anilines is 1. The summed E-state index contributed by atoms with van der Waals surface area (Å²) in [6, 6.07) is 7.53. The number of fused-ring (bicyclic) bond motifs is 2. The maximum atomic E-state index is 14.7. The molecule has 1 atom stereocenters.